The van der Waals surface area contributed by atoms with E-state index in [9.17, 15) is 9.90 Å². The van der Waals surface area contributed by atoms with E-state index in [4.69, 9.17) is 5.73 Å². The third kappa shape index (κ3) is 3.92. The highest BCUT2D eigenvalue weighted by Crippen LogP contribution is 2.19. The standard InChI is InChI=1S/C13H21N3O2/c1-15(2)7-4-8-16(3)13(18)11-9-10(17)5-6-12(11)14/h5-6,9,17H,4,7-8,14H2,1-3H3. The van der Waals surface area contributed by atoms with Crippen LogP contribution in [0.3, 0.4) is 0 Å². The molecular weight excluding hydrogens is 230 g/mol. The lowest BCUT2D eigenvalue weighted by Gasteiger charge is -2.19. The number of amides is 1. The van der Waals surface area contributed by atoms with Gasteiger partial charge in [-0.2, -0.15) is 0 Å². The van der Waals surface area contributed by atoms with Crippen LogP contribution in [-0.2, 0) is 0 Å². The summed E-state index contributed by atoms with van der Waals surface area (Å²) in [5.74, 6) is -0.114. The first-order valence-electron chi connectivity index (χ1n) is 5.90. The monoisotopic (exact) mass is 251 g/mol. The van der Waals surface area contributed by atoms with Crippen molar-refractivity contribution in [2.24, 2.45) is 0 Å². The van der Waals surface area contributed by atoms with Crippen LogP contribution in [0.1, 0.15) is 16.8 Å². The Bertz CT molecular complexity index is 419. The van der Waals surface area contributed by atoms with E-state index in [1.165, 1.54) is 18.2 Å². The number of hydrogen-bond acceptors (Lipinski definition) is 4. The van der Waals surface area contributed by atoms with Crippen LogP contribution in [0.15, 0.2) is 18.2 Å². The maximum absolute atomic E-state index is 12.1. The molecule has 0 aliphatic carbocycles. The van der Waals surface area contributed by atoms with E-state index in [2.05, 4.69) is 4.90 Å². The van der Waals surface area contributed by atoms with Crippen LogP contribution in [0.4, 0.5) is 5.69 Å². The summed E-state index contributed by atoms with van der Waals surface area (Å²) >= 11 is 0. The summed E-state index contributed by atoms with van der Waals surface area (Å²) in [6.07, 6.45) is 0.897. The number of aromatic hydroxyl groups is 1. The highest BCUT2D eigenvalue weighted by molar-refractivity contribution is 5.99. The second-order valence-corrected chi connectivity index (χ2v) is 4.66. The van der Waals surface area contributed by atoms with Crippen molar-refractivity contribution >= 4 is 11.6 Å². The lowest BCUT2D eigenvalue weighted by atomic mass is 10.1. The fourth-order valence-electron chi connectivity index (χ4n) is 1.66. The molecule has 1 amide bonds. The van der Waals surface area contributed by atoms with E-state index in [0.717, 1.165) is 13.0 Å². The average molecular weight is 251 g/mol. The molecule has 0 atom stereocenters. The Balaban J connectivity index is 2.65. The minimum Gasteiger partial charge on any atom is -0.508 e. The number of carbonyl (C=O) groups excluding carboxylic acids is 1. The van der Waals surface area contributed by atoms with E-state index in [1.807, 2.05) is 14.1 Å². The Hall–Kier alpha value is -1.75. The quantitative estimate of drug-likeness (QED) is 0.605. The summed E-state index contributed by atoms with van der Waals surface area (Å²) in [6, 6.07) is 4.41. The zero-order chi connectivity index (χ0) is 13.7. The highest BCUT2D eigenvalue weighted by atomic mass is 16.3. The van der Waals surface area contributed by atoms with E-state index in [0.29, 0.717) is 17.8 Å². The molecule has 18 heavy (non-hydrogen) atoms. The van der Waals surface area contributed by atoms with Crippen molar-refractivity contribution in [1.29, 1.82) is 0 Å². The van der Waals surface area contributed by atoms with Gasteiger partial charge in [0.1, 0.15) is 5.75 Å². The maximum Gasteiger partial charge on any atom is 0.255 e. The normalized spacial score (nSPS) is 10.7. The Kier molecular flexibility index (Phi) is 4.97. The molecule has 0 aliphatic heterocycles. The third-order valence-corrected chi connectivity index (χ3v) is 2.71. The number of nitrogens with zero attached hydrogens (tertiary/aromatic N) is 2. The van der Waals surface area contributed by atoms with Gasteiger partial charge in [0.25, 0.3) is 5.91 Å². The molecule has 0 saturated carbocycles. The Labute approximate surface area is 108 Å². The number of rotatable bonds is 5. The lowest BCUT2D eigenvalue weighted by molar-refractivity contribution is 0.0791. The zero-order valence-corrected chi connectivity index (χ0v) is 11.2. The van der Waals surface area contributed by atoms with Crippen LogP contribution >= 0.6 is 0 Å². The molecule has 0 aromatic heterocycles. The number of nitrogens with two attached hydrogens (primary N) is 1. The van der Waals surface area contributed by atoms with Gasteiger partial charge < -0.3 is 20.6 Å². The second-order valence-electron chi connectivity index (χ2n) is 4.66. The molecule has 1 rings (SSSR count). The van der Waals surface area contributed by atoms with Crippen LogP contribution in [-0.4, -0.2) is 55.0 Å². The van der Waals surface area contributed by atoms with Gasteiger partial charge in [-0.3, -0.25) is 4.79 Å². The van der Waals surface area contributed by atoms with E-state index in [-0.39, 0.29) is 11.7 Å². The van der Waals surface area contributed by atoms with E-state index in [1.54, 1.807) is 11.9 Å². The Morgan fingerprint density at radius 3 is 2.56 bits per heavy atom. The van der Waals surface area contributed by atoms with Crippen molar-refractivity contribution in [1.82, 2.24) is 9.80 Å². The SMILES string of the molecule is CN(C)CCCN(C)C(=O)c1cc(O)ccc1N. The zero-order valence-electron chi connectivity index (χ0n) is 11.2. The van der Waals surface area contributed by atoms with Crippen LogP contribution in [0, 0.1) is 0 Å². The summed E-state index contributed by atoms with van der Waals surface area (Å²) in [5, 5.41) is 9.38. The molecule has 100 valence electrons. The number of benzene rings is 1. The molecule has 0 bridgehead atoms. The molecule has 3 N–H and O–H groups in total. The van der Waals surface area contributed by atoms with Crippen LogP contribution in [0.2, 0.25) is 0 Å². The molecule has 5 heteroatoms. The number of hydrogen-bond donors (Lipinski definition) is 2. The number of nitrogen functional groups attached to an aromatic ring is 1. The first-order valence-corrected chi connectivity index (χ1v) is 5.90. The van der Waals surface area contributed by atoms with Crippen molar-refractivity contribution in [2.45, 2.75) is 6.42 Å². The van der Waals surface area contributed by atoms with Crippen molar-refractivity contribution in [3.63, 3.8) is 0 Å². The molecule has 5 nitrogen and oxygen atoms in total. The average Bonchev–Trinajstić information content (AvgIpc) is 2.30. The number of phenolic OH excluding ortho intramolecular Hbond substituents is 1. The Morgan fingerprint density at radius 1 is 1.28 bits per heavy atom. The van der Waals surface area contributed by atoms with Gasteiger partial charge in [-0.15, -0.1) is 0 Å². The summed E-state index contributed by atoms with van der Waals surface area (Å²) in [7, 11) is 5.73. The molecular formula is C13H21N3O2. The van der Waals surface area contributed by atoms with Gasteiger partial charge in [0.15, 0.2) is 0 Å². The van der Waals surface area contributed by atoms with E-state index >= 15 is 0 Å². The fourth-order valence-corrected chi connectivity index (χ4v) is 1.66. The summed E-state index contributed by atoms with van der Waals surface area (Å²) in [4.78, 5) is 15.8. The Morgan fingerprint density at radius 2 is 1.94 bits per heavy atom. The van der Waals surface area contributed by atoms with Gasteiger partial charge in [0, 0.05) is 19.3 Å². The van der Waals surface area contributed by atoms with Gasteiger partial charge in [-0.05, 0) is 45.3 Å². The number of anilines is 1. The lowest BCUT2D eigenvalue weighted by Crippen LogP contribution is -2.30. The summed E-state index contributed by atoms with van der Waals surface area (Å²) < 4.78 is 0. The van der Waals surface area contributed by atoms with Gasteiger partial charge in [-0.25, -0.2) is 0 Å². The number of phenols is 1. The molecule has 0 spiro atoms. The largest absolute Gasteiger partial charge is 0.508 e. The molecule has 0 unspecified atom stereocenters. The van der Waals surface area contributed by atoms with Crippen molar-refractivity contribution in [3.05, 3.63) is 23.8 Å². The first-order chi connectivity index (χ1) is 8.41. The smallest absolute Gasteiger partial charge is 0.255 e. The van der Waals surface area contributed by atoms with Gasteiger partial charge in [0.05, 0.1) is 5.56 Å². The molecule has 0 aliphatic rings. The van der Waals surface area contributed by atoms with E-state index < -0.39 is 0 Å². The fraction of sp³-hybridized carbons (Fsp3) is 0.462. The predicted molar refractivity (Wildman–Crippen MR) is 72.7 cm³/mol. The predicted octanol–water partition coefficient (Wildman–Crippen LogP) is 0.998. The summed E-state index contributed by atoms with van der Waals surface area (Å²) in [6.45, 7) is 1.58. The second kappa shape index (κ2) is 6.26. The van der Waals surface area contributed by atoms with Crippen molar-refractivity contribution in [2.75, 3.05) is 40.0 Å². The van der Waals surface area contributed by atoms with Crippen LogP contribution < -0.4 is 5.73 Å². The first kappa shape index (κ1) is 14.3. The molecule has 0 heterocycles. The minimum atomic E-state index is -0.165. The van der Waals surface area contributed by atoms with Gasteiger partial charge in [0.2, 0.25) is 0 Å². The molecule has 0 saturated heterocycles. The molecule has 1 aromatic carbocycles. The van der Waals surface area contributed by atoms with Crippen molar-refractivity contribution < 1.29 is 9.90 Å². The van der Waals surface area contributed by atoms with Crippen molar-refractivity contribution in [3.8, 4) is 5.75 Å². The maximum atomic E-state index is 12.1. The summed E-state index contributed by atoms with van der Waals surface area (Å²) in [5.41, 5.74) is 6.47. The topological polar surface area (TPSA) is 69.8 Å². The number of carbonyl (C=O) groups is 1. The third-order valence-electron chi connectivity index (χ3n) is 2.71. The van der Waals surface area contributed by atoms with Crippen LogP contribution in [0.5, 0.6) is 5.75 Å². The molecule has 1 aromatic rings. The van der Waals surface area contributed by atoms with Gasteiger partial charge >= 0.3 is 0 Å². The van der Waals surface area contributed by atoms with Gasteiger partial charge in [-0.1, -0.05) is 0 Å². The molecule has 0 fully saturated rings. The molecule has 0 radical (unpaired) electrons. The minimum absolute atomic E-state index is 0.0502. The highest BCUT2D eigenvalue weighted by Gasteiger charge is 2.15. The van der Waals surface area contributed by atoms with Crippen LogP contribution in [0.25, 0.3) is 0 Å².